The summed E-state index contributed by atoms with van der Waals surface area (Å²) >= 11 is 0. The highest BCUT2D eigenvalue weighted by atomic mass is 32.2. The van der Waals surface area contributed by atoms with Gasteiger partial charge in [-0.15, -0.1) is 0 Å². The fourth-order valence-electron chi connectivity index (χ4n) is 2.62. The van der Waals surface area contributed by atoms with Gasteiger partial charge in [0.15, 0.2) is 9.84 Å². The van der Waals surface area contributed by atoms with E-state index in [0.717, 1.165) is 6.26 Å². The van der Waals surface area contributed by atoms with E-state index in [2.05, 4.69) is 10.3 Å². The van der Waals surface area contributed by atoms with Crippen molar-refractivity contribution in [3.8, 4) is 17.2 Å². The summed E-state index contributed by atoms with van der Waals surface area (Å²) in [6.45, 7) is 1.48. The summed E-state index contributed by atoms with van der Waals surface area (Å²) < 4.78 is 34.7. The van der Waals surface area contributed by atoms with Crippen LogP contribution < -0.4 is 14.8 Å². The Kier molecular flexibility index (Phi) is 6.88. The van der Waals surface area contributed by atoms with Crippen LogP contribution in [0.4, 0.5) is 5.82 Å². The molecule has 1 unspecified atom stereocenters. The number of anilines is 1. The van der Waals surface area contributed by atoms with Crippen LogP contribution in [-0.4, -0.2) is 43.4 Å². The van der Waals surface area contributed by atoms with E-state index in [1.807, 2.05) is 0 Å². The number of hydrogen-bond donors (Lipinski definition) is 2. The molecule has 0 spiro atoms. The van der Waals surface area contributed by atoms with E-state index in [1.165, 1.54) is 36.4 Å². The highest BCUT2D eigenvalue weighted by Crippen LogP contribution is 2.29. The summed E-state index contributed by atoms with van der Waals surface area (Å²) in [7, 11) is -3.32. The van der Waals surface area contributed by atoms with Crippen LogP contribution in [0.5, 0.6) is 17.2 Å². The molecule has 0 saturated heterocycles. The average molecular weight is 442 g/mol. The number of rotatable bonds is 8. The predicted molar refractivity (Wildman–Crippen MR) is 115 cm³/mol. The monoisotopic (exact) mass is 442 g/mol. The molecule has 162 valence electrons. The van der Waals surface area contributed by atoms with Crippen LogP contribution in [0.15, 0.2) is 71.8 Å². The molecule has 2 aromatic carbocycles. The van der Waals surface area contributed by atoms with Gasteiger partial charge in [-0.3, -0.25) is 4.79 Å². The van der Waals surface area contributed by atoms with Crippen molar-refractivity contribution in [2.75, 3.05) is 18.2 Å². The third kappa shape index (κ3) is 6.27. The number of hydrogen-bond acceptors (Lipinski definition) is 7. The fraction of sp³-hybridized carbons (Fsp3) is 0.182. The van der Waals surface area contributed by atoms with Crippen molar-refractivity contribution < 1.29 is 27.8 Å². The molecule has 9 heteroatoms. The number of sulfone groups is 1. The van der Waals surface area contributed by atoms with E-state index in [4.69, 9.17) is 9.47 Å². The Morgan fingerprint density at radius 1 is 1.06 bits per heavy atom. The highest BCUT2D eigenvalue weighted by Gasteiger charge is 2.14. The second-order valence-corrected chi connectivity index (χ2v) is 8.83. The molecule has 1 atom stereocenters. The number of aliphatic hydroxyl groups is 1. The summed E-state index contributed by atoms with van der Waals surface area (Å²) in [6.07, 6.45) is 2.20. The summed E-state index contributed by atoms with van der Waals surface area (Å²) in [4.78, 5) is 16.9. The Bertz CT molecular complexity index is 1150. The van der Waals surface area contributed by atoms with Crippen molar-refractivity contribution in [1.29, 1.82) is 0 Å². The topological polar surface area (TPSA) is 115 Å². The first-order valence-electron chi connectivity index (χ1n) is 9.37. The van der Waals surface area contributed by atoms with Crippen molar-refractivity contribution >= 4 is 21.6 Å². The van der Waals surface area contributed by atoms with E-state index in [9.17, 15) is 18.3 Å². The van der Waals surface area contributed by atoms with Gasteiger partial charge in [0.1, 0.15) is 29.2 Å². The number of nitrogens with zero attached hydrogens (tertiary/aromatic N) is 1. The van der Waals surface area contributed by atoms with Gasteiger partial charge < -0.3 is 19.9 Å². The van der Waals surface area contributed by atoms with Crippen LogP contribution in [0.3, 0.4) is 0 Å². The molecule has 0 fully saturated rings. The first kappa shape index (κ1) is 22.3. The lowest BCUT2D eigenvalue weighted by Crippen LogP contribution is -2.17. The molecule has 1 aromatic heterocycles. The van der Waals surface area contributed by atoms with E-state index in [1.54, 1.807) is 37.4 Å². The zero-order valence-electron chi connectivity index (χ0n) is 17.0. The molecule has 31 heavy (non-hydrogen) atoms. The maximum Gasteiger partial charge on any atom is 0.257 e. The molecule has 3 aromatic rings. The van der Waals surface area contributed by atoms with Crippen LogP contribution in [-0.2, 0) is 9.84 Å². The lowest BCUT2D eigenvalue weighted by atomic mass is 10.2. The third-order valence-electron chi connectivity index (χ3n) is 4.13. The number of pyridine rings is 1. The Hall–Kier alpha value is -3.43. The van der Waals surface area contributed by atoms with E-state index >= 15 is 0 Å². The van der Waals surface area contributed by atoms with Crippen molar-refractivity contribution in [1.82, 2.24) is 4.98 Å². The minimum absolute atomic E-state index is 0.170. The van der Waals surface area contributed by atoms with E-state index in [0.29, 0.717) is 23.1 Å². The van der Waals surface area contributed by atoms with Crippen LogP contribution in [0.1, 0.15) is 17.3 Å². The lowest BCUT2D eigenvalue weighted by Gasteiger charge is -2.15. The number of benzene rings is 2. The SMILES string of the molecule is CC(CO)Oc1cc(Oc2ccc(S(C)(=O)=O)cc2)cc(C(=O)Nc2ccccn2)c1. The molecule has 0 aliphatic carbocycles. The van der Waals surface area contributed by atoms with Crippen molar-refractivity contribution in [3.05, 3.63) is 72.4 Å². The molecule has 8 nitrogen and oxygen atoms in total. The first-order valence-corrected chi connectivity index (χ1v) is 11.3. The molecule has 0 radical (unpaired) electrons. The van der Waals surface area contributed by atoms with Gasteiger partial charge in [0.2, 0.25) is 0 Å². The lowest BCUT2D eigenvalue weighted by molar-refractivity contribution is 0.102. The van der Waals surface area contributed by atoms with Gasteiger partial charge in [-0.2, -0.15) is 0 Å². The molecule has 2 N–H and O–H groups in total. The first-order chi connectivity index (χ1) is 14.7. The number of carbonyl (C=O) groups is 1. The standard InChI is InChI=1S/C22H22N2O6S/c1-15(14-25)29-18-11-16(22(26)24-21-5-3-4-10-23-21)12-19(13-18)30-17-6-8-20(9-7-17)31(2,27)28/h3-13,15,25H,14H2,1-2H3,(H,23,24,26). The maximum absolute atomic E-state index is 12.7. The maximum atomic E-state index is 12.7. The zero-order chi connectivity index (χ0) is 22.4. The molecule has 0 bridgehead atoms. The van der Waals surface area contributed by atoms with Crippen LogP contribution in [0.2, 0.25) is 0 Å². The summed E-state index contributed by atoms with van der Waals surface area (Å²) in [5, 5.41) is 12.0. The fourth-order valence-corrected chi connectivity index (χ4v) is 3.25. The summed E-state index contributed by atoms with van der Waals surface area (Å²) in [5.74, 6) is 0.995. The molecule has 0 aliphatic heterocycles. The van der Waals surface area contributed by atoms with Crippen LogP contribution in [0, 0.1) is 0 Å². The smallest absolute Gasteiger partial charge is 0.257 e. The number of ether oxygens (including phenoxy) is 2. The van der Waals surface area contributed by atoms with Crippen LogP contribution >= 0.6 is 0 Å². The third-order valence-corrected chi connectivity index (χ3v) is 5.26. The molecular formula is C22H22N2O6S. The van der Waals surface area contributed by atoms with Crippen molar-refractivity contribution in [2.45, 2.75) is 17.9 Å². The number of aliphatic hydroxyl groups excluding tert-OH is 1. The predicted octanol–water partition coefficient (Wildman–Crippen LogP) is 3.29. The quantitative estimate of drug-likeness (QED) is 0.550. The zero-order valence-corrected chi connectivity index (χ0v) is 17.8. The minimum Gasteiger partial charge on any atom is -0.488 e. The minimum atomic E-state index is -3.32. The number of nitrogens with one attached hydrogen (secondary N) is 1. The van der Waals surface area contributed by atoms with E-state index in [-0.39, 0.29) is 17.1 Å². The molecule has 1 heterocycles. The molecule has 1 amide bonds. The number of carbonyl (C=O) groups excluding carboxylic acids is 1. The van der Waals surface area contributed by atoms with Gasteiger partial charge in [-0.25, -0.2) is 13.4 Å². The Morgan fingerprint density at radius 3 is 2.39 bits per heavy atom. The summed E-state index contributed by atoms with van der Waals surface area (Å²) in [5.41, 5.74) is 0.260. The van der Waals surface area contributed by atoms with Gasteiger partial charge in [0, 0.05) is 24.1 Å². The molecule has 3 rings (SSSR count). The highest BCUT2D eigenvalue weighted by molar-refractivity contribution is 7.90. The number of aromatic nitrogens is 1. The second-order valence-electron chi connectivity index (χ2n) is 6.82. The summed E-state index contributed by atoms with van der Waals surface area (Å²) in [6, 6.07) is 15.7. The largest absolute Gasteiger partial charge is 0.488 e. The Labute approximate surface area is 180 Å². The Morgan fingerprint density at radius 2 is 1.77 bits per heavy atom. The second kappa shape index (κ2) is 9.59. The van der Waals surface area contributed by atoms with E-state index < -0.39 is 21.8 Å². The molecule has 0 aliphatic rings. The normalized spacial score (nSPS) is 12.1. The van der Waals surface area contributed by atoms with Gasteiger partial charge >= 0.3 is 0 Å². The van der Waals surface area contributed by atoms with Gasteiger partial charge in [-0.1, -0.05) is 6.07 Å². The Balaban J connectivity index is 1.88. The van der Waals surface area contributed by atoms with Gasteiger partial charge in [-0.05, 0) is 55.5 Å². The average Bonchev–Trinajstić information content (AvgIpc) is 2.74. The molecular weight excluding hydrogens is 420 g/mol. The van der Waals surface area contributed by atoms with Crippen molar-refractivity contribution in [2.24, 2.45) is 0 Å². The van der Waals surface area contributed by atoms with Crippen LogP contribution in [0.25, 0.3) is 0 Å². The van der Waals surface area contributed by atoms with Gasteiger partial charge in [0.05, 0.1) is 11.5 Å². The number of amides is 1. The van der Waals surface area contributed by atoms with Gasteiger partial charge in [0.25, 0.3) is 5.91 Å². The molecule has 0 saturated carbocycles. The van der Waals surface area contributed by atoms with Crippen molar-refractivity contribution in [3.63, 3.8) is 0 Å².